The molecule has 0 saturated carbocycles. The topological polar surface area (TPSA) is 77.8 Å². The average molecular weight is 440 g/mol. The number of rotatable bonds is 3. The summed E-state index contributed by atoms with van der Waals surface area (Å²) in [6, 6.07) is 13.9. The number of hydrogen-bond acceptors (Lipinski definition) is 5. The molecule has 0 bridgehead atoms. The highest BCUT2D eigenvalue weighted by Gasteiger charge is 2.36. The van der Waals surface area contributed by atoms with E-state index >= 15 is 0 Å². The zero-order chi connectivity index (χ0) is 22.5. The van der Waals surface area contributed by atoms with E-state index in [9.17, 15) is 18.0 Å². The van der Waals surface area contributed by atoms with Crippen LogP contribution in [-0.2, 0) is 6.18 Å². The second kappa shape index (κ2) is 7.26. The maximum absolute atomic E-state index is 13.8. The highest BCUT2D eigenvalue weighted by molar-refractivity contribution is 6.03. The number of anilines is 1. The molecule has 0 fully saturated rings. The van der Waals surface area contributed by atoms with Gasteiger partial charge in [-0.1, -0.05) is 17.7 Å². The third-order valence-corrected chi connectivity index (χ3v) is 4.93. The van der Waals surface area contributed by atoms with E-state index in [0.29, 0.717) is 27.3 Å². The number of hydrogen-bond donors (Lipinski definition) is 1. The van der Waals surface area contributed by atoms with E-state index in [1.54, 1.807) is 42.5 Å². The molecule has 3 heterocycles. The first-order chi connectivity index (χ1) is 15.3. The number of fused-ring (bicyclic) bond motifs is 2. The Balaban J connectivity index is 1.56. The van der Waals surface area contributed by atoms with Crippen LogP contribution in [0.25, 0.3) is 16.9 Å². The van der Waals surface area contributed by atoms with Crippen molar-refractivity contribution in [3.8, 4) is 22.8 Å². The maximum Gasteiger partial charge on any atom is 0.433 e. The molecule has 2 aromatic carbocycles. The van der Waals surface area contributed by atoms with Crippen molar-refractivity contribution in [3.05, 3.63) is 71.5 Å². The zero-order valence-corrected chi connectivity index (χ0v) is 16.6. The minimum absolute atomic E-state index is 0.0428. The number of aromatic nitrogens is 3. The van der Waals surface area contributed by atoms with Gasteiger partial charge in [0.2, 0.25) is 6.79 Å². The third-order valence-electron chi connectivity index (χ3n) is 4.93. The zero-order valence-electron chi connectivity index (χ0n) is 16.6. The minimum atomic E-state index is -4.72. The Kier molecular flexibility index (Phi) is 4.50. The summed E-state index contributed by atoms with van der Waals surface area (Å²) >= 11 is 0. The van der Waals surface area contributed by atoms with E-state index in [1.807, 2.05) is 6.92 Å². The standard InChI is InChI=1S/C22H15F3N4O3/c1-12-2-5-14(6-3-12)26-21(30)16-10-20-27-15(9-19(22(23,24)25)29(20)28-16)13-4-7-17-18(8-13)32-11-31-17/h2-10H,11H2,1H3,(H,26,30). The number of nitrogens with zero attached hydrogens (tertiary/aromatic N) is 3. The first-order valence-electron chi connectivity index (χ1n) is 9.54. The van der Waals surface area contributed by atoms with E-state index in [-0.39, 0.29) is 23.8 Å². The fourth-order valence-corrected chi connectivity index (χ4v) is 3.32. The maximum atomic E-state index is 13.8. The molecule has 10 heteroatoms. The van der Waals surface area contributed by atoms with Crippen molar-refractivity contribution < 1.29 is 27.4 Å². The number of amides is 1. The van der Waals surface area contributed by atoms with Gasteiger partial charge < -0.3 is 14.8 Å². The van der Waals surface area contributed by atoms with Gasteiger partial charge >= 0.3 is 6.18 Å². The Bertz CT molecular complexity index is 1350. The summed E-state index contributed by atoms with van der Waals surface area (Å²) < 4.78 is 52.6. The number of halogens is 3. The van der Waals surface area contributed by atoms with E-state index in [2.05, 4.69) is 15.4 Å². The van der Waals surface area contributed by atoms with Crippen LogP contribution in [0.2, 0.25) is 0 Å². The summed E-state index contributed by atoms with van der Waals surface area (Å²) in [6.45, 7) is 1.94. The van der Waals surface area contributed by atoms with Gasteiger partial charge in [0, 0.05) is 17.3 Å². The monoisotopic (exact) mass is 440 g/mol. The second-order valence-corrected chi connectivity index (χ2v) is 7.21. The van der Waals surface area contributed by atoms with E-state index in [4.69, 9.17) is 9.47 Å². The van der Waals surface area contributed by atoms with Gasteiger partial charge in [0.15, 0.2) is 28.5 Å². The van der Waals surface area contributed by atoms with Gasteiger partial charge in [0.05, 0.1) is 5.69 Å². The molecule has 0 unspecified atom stereocenters. The van der Waals surface area contributed by atoms with E-state index in [0.717, 1.165) is 11.6 Å². The summed E-state index contributed by atoms with van der Waals surface area (Å²) in [4.78, 5) is 16.9. The molecule has 0 radical (unpaired) electrons. The van der Waals surface area contributed by atoms with Crippen LogP contribution in [0.5, 0.6) is 11.5 Å². The number of alkyl halides is 3. The molecule has 1 N–H and O–H groups in total. The molecule has 2 aromatic heterocycles. The van der Waals surface area contributed by atoms with Crippen molar-refractivity contribution in [2.45, 2.75) is 13.1 Å². The minimum Gasteiger partial charge on any atom is -0.454 e. The lowest BCUT2D eigenvalue weighted by atomic mass is 10.1. The van der Waals surface area contributed by atoms with Gasteiger partial charge in [0.1, 0.15) is 0 Å². The SMILES string of the molecule is Cc1ccc(NC(=O)c2cc3nc(-c4ccc5c(c4)OCO5)cc(C(F)(F)F)n3n2)cc1. The normalized spacial score (nSPS) is 12.9. The Hall–Kier alpha value is -4.08. The van der Waals surface area contributed by atoms with Gasteiger partial charge in [0.25, 0.3) is 5.91 Å². The molecular formula is C22H15F3N4O3. The van der Waals surface area contributed by atoms with E-state index < -0.39 is 17.8 Å². The number of benzene rings is 2. The fourth-order valence-electron chi connectivity index (χ4n) is 3.32. The molecular weight excluding hydrogens is 425 g/mol. The fraction of sp³-hybridized carbons (Fsp3) is 0.136. The Morgan fingerprint density at radius 1 is 1.03 bits per heavy atom. The molecule has 7 nitrogen and oxygen atoms in total. The van der Waals surface area contributed by atoms with Crippen molar-refractivity contribution >= 4 is 17.2 Å². The molecule has 162 valence electrons. The molecule has 5 rings (SSSR count). The van der Waals surface area contributed by atoms with Gasteiger partial charge in [-0.15, -0.1) is 0 Å². The van der Waals surface area contributed by atoms with Gasteiger partial charge in [-0.25, -0.2) is 9.50 Å². The Labute approximate surface area is 179 Å². The van der Waals surface area contributed by atoms with Crippen molar-refractivity contribution in [1.82, 2.24) is 14.6 Å². The lowest BCUT2D eigenvalue weighted by Gasteiger charge is -2.11. The van der Waals surface area contributed by atoms with Crippen molar-refractivity contribution in [1.29, 1.82) is 0 Å². The molecule has 0 saturated heterocycles. The third kappa shape index (κ3) is 3.59. The summed E-state index contributed by atoms with van der Waals surface area (Å²) in [5, 5.41) is 6.49. The van der Waals surface area contributed by atoms with Gasteiger partial charge in [-0.3, -0.25) is 4.79 Å². The second-order valence-electron chi connectivity index (χ2n) is 7.21. The predicted octanol–water partition coefficient (Wildman–Crippen LogP) is 4.70. The van der Waals surface area contributed by atoms with Crippen LogP contribution in [0.4, 0.5) is 18.9 Å². The van der Waals surface area contributed by atoms with Crippen molar-refractivity contribution in [2.24, 2.45) is 0 Å². The van der Waals surface area contributed by atoms with Crippen LogP contribution in [0.1, 0.15) is 21.7 Å². The number of aryl methyl sites for hydroxylation is 1. The quantitative estimate of drug-likeness (QED) is 0.500. The summed E-state index contributed by atoms with van der Waals surface area (Å²) in [7, 11) is 0. The lowest BCUT2D eigenvalue weighted by molar-refractivity contribution is -0.142. The first-order valence-corrected chi connectivity index (χ1v) is 9.54. The molecule has 0 atom stereocenters. The smallest absolute Gasteiger partial charge is 0.433 e. The van der Waals surface area contributed by atoms with Crippen LogP contribution in [0.15, 0.2) is 54.6 Å². The molecule has 0 spiro atoms. The van der Waals surface area contributed by atoms with Crippen LogP contribution >= 0.6 is 0 Å². The average Bonchev–Trinajstić information content (AvgIpc) is 3.40. The van der Waals surface area contributed by atoms with E-state index in [1.165, 1.54) is 6.07 Å². The summed E-state index contributed by atoms with van der Waals surface area (Å²) in [5.74, 6) is 0.284. The Morgan fingerprint density at radius 2 is 1.78 bits per heavy atom. The number of ether oxygens (including phenoxy) is 2. The van der Waals surface area contributed by atoms with Crippen LogP contribution in [-0.4, -0.2) is 27.3 Å². The highest BCUT2D eigenvalue weighted by atomic mass is 19.4. The predicted molar refractivity (Wildman–Crippen MR) is 109 cm³/mol. The number of nitrogens with one attached hydrogen (secondary N) is 1. The Morgan fingerprint density at radius 3 is 2.53 bits per heavy atom. The molecule has 1 amide bonds. The van der Waals surface area contributed by atoms with Gasteiger partial charge in [-0.05, 0) is 43.3 Å². The largest absolute Gasteiger partial charge is 0.454 e. The lowest BCUT2D eigenvalue weighted by Crippen LogP contribution is -2.15. The number of carbonyl (C=O) groups is 1. The number of carbonyl (C=O) groups excluding carboxylic acids is 1. The van der Waals surface area contributed by atoms with Crippen molar-refractivity contribution in [3.63, 3.8) is 0 Å². The van der Waals surface area contributed by atoms with Crippen LogP contribution in [0.3, 0.4) is 0 Å². The molecule has 1 aliphatic rings. The molecule has 0 aliphatic carbocycles. The molecule has 32 heavy (non-hydrogen) atoms. The first kappa shape index (κ1) is 19.9. The molecule has 4 aromatic rings. The van der Waals surface area contributed by atoms with Crippen LogP contribution in [0, 0.1) is 6.92 Å². The van der Waals surface area contributed by atoms with Gasteiger partial charge in [-0.2, -0.15) is 18.3 Å². The summed E-state index contributed by atoms with van der Waals surface area (Å²) in [6.07, 6.45) is -4.72. The molecule has 1 aliphatic heterocycles. The highest BCUT2D eigenvalue weighted by Crippen LogP contribution is 2.37. The van der Waals surface area contributed by atoms with Crippen molar-refractivity contribution in [2.75, 3.05) is 12.1 Å². The van der Waals surface area contributed by atoms with Crippen LogP contribution < -0.4 is 14.8 Å². The summed E-state index contributed by atoms with van der Waals surface area (Å²) in [5.41, 5.74) is 0.633.